The zero-order valence-electron chi connectivity index (χ0n) is 12.7. The van der Waals surface area contributed by atoms with Gasteiger partial charge in [0.2, 0.25) is 0 Å². The second-order valence-corrected chi connectivity index (χ2v) is 6.01. The molecule has 0 aromatic carbocycles. The van der Waals surface area contributed by atoms with Crippen molar-refractivity contribution < 1.29 is 4.74 Å². The van der Waals surface area contributed by atoms with Crippen LogP contribution in [0, 0.1) is 5.41 Å². The molecular weight excluding hydrogens is 264 g/mol. The predicted molar refractivity (Wildman–Crippen MR) is 84.1 cm³/mol. The Balaban J connectivity index is 1.91. The number of ether oxygens (including phenoxy) is 1. The van der Waals surface area contributed by atoms with Crippen molar-refractivity contribution in [1.82, 2.24) is 4.98 Å². The Morgan fingerprint density at radius 2 is 2.05 bits per heavy atom. The van der Waals surface area contributed by atoms with E-state index in [1.165, 1.54) is 24.1 Å². The van der Waals surface area contributed by atoms with Crippen molar-refractivity contribution in [2.24, 2.45) is 5.73 Å². The number of nitrogens with one attached hydrogen (secondary N) is 1. The van der Waals surface area contributed by atoms with E-state index in [9.17, 15) is 0 Å². The molecule has 0 unspecified atom stereocenters. The molecule has 0 bridgehead atoms. The molecule has 1 aromatic heterocycles. The number of fused-ring (bicyclic) bond motifs is 1. The first kappa shape index (κ1) is 14.3. The van der Waals surface area contributed by atoms with E-state index in [1.807, 2.05) is 0 Å². The monoisotopic (exact) mass is 288 g/mol. The molecule has 0 amide bonds. The third-order valence-corrected chi connectivity index (χ3v) is 4.65. The molecule has 0 radical (unpaired) electrons. The number of aryl methyl sites for hydroxylation is 2. The molecule has 0 spiro atoms. The molecule has 3 N–H and O–H groups in total. The number of nitrogen functional groups attached to an aromatic ring is 1. The first-order valence-corrected chi connectivity index (χ1v) is 7.84. The van der Waals surface area contributed by atoms with E-state index in [0.717, 1.165) is 50.2 Å². The van der Waals surface area contributed by atoms with Crippen molar-refractivity contribution in [3.05, 3.63) is 22.9 Å². The van der Waals surface area contributed by atoms with Gasteiger partial charge >= 0.3 is 0 Å². The fourth-order valence-electron chi connectivity index (χ4n) is 3.37. The minimum absolute atomic E-state index is 0.125. The molecule has 0 atom stereocenters. The van der Waals surface area contributed by atoms with Gasteiger partial charge in [0.25, 0.3) is 0 Å². The number of piperidine rings is 1. The molecule has 1 aliphatic heterocycles. The van der Waals surface area contributed by atoms with Crippen LogP contribution < -0.4 is 10.6 Å². The summed E-state index contributed by atoms with van der Waals surface area (Å²) in [5, 5.41) is 7.87. The first-order valence-electron chi connectivity index (χ1n) is 7.84. The highest BCUT2D eigenvalue weighted by molar-refractivity contribution is 5.99. The summed E-state index contributed by atoms with van der Waals surface area (Å²) in [6, 6.07) is 2.10. The average molecular weight is 288 g/mol. The van der Waals surface area contributed by atoms with Gasteiger partial charge in [0.05, 0.1) is 11.7 Å². The number of nitrogens with zero attached hydrogens (tertiary/aromatic N) is 2. The number of hydrogen-bond donors (Lipinski definition) is 2. The van der Waals surface area contributed by atoms with Crippen molar-refractivity contribution >= 4 is 11.7 Å². The van der Waals surface area contributed by atoms with Gasteiger partial charge in [-0.05, 0) is 50.2 Å². The molecule has 2 heterocycles. The van der Waals surface area contributed by atoms with Crippen LogP contribution in [0.3, 0.4) is 0 Å². The fourth-order valence-corrected chi connectivity index (χ4v) is 3.37. The van der Waals surface area contributed by atoms with Crippen LogP contribution in [0.5, 0.6) is 0 Å². The van der Waals surface area contributed by atoms with E-state index >= 15 is 0 Å². The molecule has 5 nitrogen and oxygen atoms in total. The van der Waals surface area contributed by atoms with E-state index in [-0.39, 0.29) is 5.84 Å². The summed E-state index contributed by atoms with van der Waals surface area (Å²) in [4.78, 5) is 7.14. The zero-order chi connectivity index (χ0) is 14.8. The summed E-state index contributed by atoms with van der Waals surface area (Å²) < 4.78 is 5.43. The Bertz CT molecular complexity index is 535. The Morgan fingerprint density at radius 1 is 1.33 bits per heavy atom. The molecule has 21 heavy (non-hydrogen) atoms. The second-order valence-electron chi connectivity index (χ2n) is 6.01. The lowest BCUT2D eigenvalue weighted by Crippen LogP contribution is -2.38. The SMILES string of the molecule is COC1CCN(c2nc3c(cc2C(=N)N)CCCC3)CC1. The van der Waals surface area contributed by atoms with Gasteiger partial charge in [-0.1, -0.05) is 0 Å². The van der Waals surface area contributed by atoms with Gasteiger partial charge in [-0.2, -0.15) is 0 Å². The maximum atomic E-state index is 7.87. The van der Waals surface area contributed by atoms with E-state index in [0.29, 0.717) is 6.10 Å². The van der Waals surface area contributed by atoms with Crippen LogP contribution in [-0.4, -0.2) is 37.1 Å². The van der Waals surface area contributed by atoms with Crippen LogP contribution in [0.1, 0.15) is 42.5 Å². The number of amidine groups is 1. The van der Waals surface area contributed by atoms with Crippen LogP contribution in [0.15, 0.2) is 6.07 Å². The van der Waals surface area contributed by atoms with Crippen molar-refractivity contribution in [2.75, 3.05) is 25.1 Å². The van der Waals surface area contributed by atoms with Crippen LogP contribution >= 0.6 is 0 Å². The third kappa shape index (κ3) is 2.88. The van der Waals surface area contributed by atoms with E-state index in [2.05, 4.69) is 11.0 Å². The van der Waals surface area contributed by atoms with E-state index < -0.39 is 0 Å². The first-order chi connectivity index (χ1) is 10.2. The number of hydrogen-bond acceptors (Lipinski definition) is 4. The molecule has 1 aliphatic carbocycles. The fraction of sp³-hybridized carbons (Fsp3) is 0.625. The van der Waals surface area contributed by atoms with Gasteiger partial charge < -0.3 is 15.4 Å². The van der Waals surface area contributed by atoms with Crippen LogP contribution in [-0.2, 0) is 17.6 Å². The number of anilines is 1. The van der Waals surface area contributed by atoms with Crippen LogP contribution in [0.25, 0.3) is 0 Å². The third-order valence-electron chi connectivity index (χ3n) is 4.65. The zero-order valence-corrected chi connectivity index (χ0v) is 12.7. The van der Waals surface area contributed by atoms with Gasteiger partial charge in [-0.25, -0.2) is 4.98 Å². The summed E-state index contributed by atoms with van der Waals surface area (Å²) in [6.45, 7) is 1.84. The summed E-state index contributed by atoms with van der Waals surface area (Å²) in [7, 11) is 1.78. The molecule has 0 saturated carbocycles. The number of pyridine rings is 1. The smallest absolute Gasteiger partial charge is 0.139 e. The molecule has 1 aromatic rings. The Morgan fingerprint density at radius 3 is 2.71 bits per heavy atom. The van der Waals surface area contributed by atoms with Gasteiger partial charge in [-0.3, -0.25) is 5.41 Å². The van der Waals surface area contributed by atoms with Gasteiger partial charge in [0, 0.05) is 25.9 Å². The molecule has 5 heteroatoms. The van der Waals surface area contributed by atoms with Crippen LogP contribution in [0.4, 0.5) is 5.82 Å². The molecule has 2 aliphatic rings. The molecule has 3 rings (SSSR count). The minimum atomic E-state index is 0.125. The highest BCUT2D eigenvalue weighted by atomic mass is 16.5. The highest BCUT2D eigenvalue weighted by Crippen LogP contribution is 2.28. The summed E-state index contributed by atoms with van der Waals surface area (Å²) in [5.74, 6) is 1.03. The van der Waals surface area contributed by atoms with E-state index in [1.54, 1.807) is 7.11 Å². The predicted octanol–water partition coefficient (Wildman–Crippen LogP) is 1.86. The molecule has 1 fully saturated rings. The molecular formula is C16H24N4O. The maximum absolute atomic E-state index is 7.87. The Kier molecular flexibility index (Phi) is 4.10. The largest absolute Gasteiger partial charge is 0.384 e. The Hall–Kier alpha value is -1.62. The molecule has 114 valence electrons. The van der Waals surface area contributed by atoms with Gasteiger partial charge in [0.15, 0.2) is 0 Å². The lowest BCUT2D eigenvalue weighted by atomic mass is 9.94. The standard InChI is InChI=1S/C16H24N4O/c1-21-12-6-8-20(9-7-12)16-13(15(17)18)10-11-4-2-3-5-14(11)19-16/h10,12H,2-9H2,1H3,(H3,17,18). The average Bonchev–Trinajstić information content (AvgIpc) is 2.53. The summed E-state index contributed by atoms with van der Waals surface area (Å²) in [5.41, 5.74) is 9.08. The topological polar surface area (TPSA) is 75.2 Å². The van der Waals surface area contributed by atoms with Crippen molar-refractivity contribution in [3.8, 4) is 0 Å². The van der Waals surface area contributed by atoms with E-state index in [4.69, 9.17) is 20.9 Å². The quantitative estimate of drug-likeness (QED) is 0.657. The lowest BCUT2D eigenvalue weighted by molar-refractivity contribution is 0.0818. The van der Waals surface area contributed by atoms with Crippen molar-refractivity contribution in [1.29, 1.82) is 5.41 Å². The molecule has 1 saturated heterocycles. The van der Waals surface area contributed by atoms with Crippen molar-refractivity contribution in [2.45, 2.75) is 44.6 Å². The van der Waals surface area contributed by atoms with Gasteiger partial charge in [0.1, 0.15) is 11.7 Å². The van der Waals surface area contributed by atoms with Gasteiger partial charge in [-0.15, -0.1) is 0 Å². The minimum Gasteiger partial charge on any atom is -0.384 e. The number of nitrogens with two attached hydrogens (primary N) is 1. The van der Waals surface area contributed by atoms with Crippen molar-refractivity contribution in [3.63, 3.8) is 0 Å². The highest BCUT2D eigenvalue weighted by Gasteiger charge is 2.24. The summed E-state index contributed by atoms with van der Waals surface area (Å²) in [6.07, 6.45) is 6.90. The summed E-state index contributed by atoms with van der Waals surface area (Å²) >= 11 is 0. The lowest BCUT2D eigenvalue weighted by Gasteiger charge is -2.34. The number of aromatic nitrogens is 1. The Labute approximate surface area is 126 Å². The maximum Gasteiger partial charge on any atom is 0.139 e. The number of methoxy groups -OCH3 is 1. The second kappa shape index (κ2) is 6.02. The van der Waals surface area contributed by atoms with Crippen LogP contribution in [0.2, 0.25) is 0 Å². The normalized spacial score (nSPS) is 19.4. The number of rotatable bonds is 3.